The van der Waals surface area contributed by atoms with Crippen LogP contribution in [0.1, 0.15) is 16.2 Å². The van der Waals surface area contributed by atoms with Crippen LogP contribution in [0, 0.1) is 6.92 Å². The number of nitrogens with zero attached hydrogens (tertiary/aromatic N) is 4. The molecule has 2 aromatic heterocycles. The molecule has 2 aromatic rings. The first-order chi connectivity index (χ1) is 11.4. The molecule has 1 amide bonds. The van der Waals surface area contributed by atoms with Gasteiger partial charge in [0.2, 0.25) is 0 Å². The van der Waals surface area contributed by atoms with Crippen LogP contribution in [0.5, 0.6) is 0 Å². The van der Waals surface area contributed by atoms with Gasteiger partial charge in [0, 0.05) is 31.6 Å². The van der Waals surface area contributed by atoms with Gasteiger partial charge >= 0.3 is 0 Å². The van der Waals surface area contributed by atoms with Gasteiger partial charge in [-0.1, -0.05) is 0 Å². The van der Waals surface area contributed by atoms with Crippen LogP contribution in [0.3, 0.4) is 0 Å². The van der Waals surface area contributed by atoms with Gasteiger partial charge < -0.3 is 19.1 Å². The number of rotatable bonds is 8. The first-order valence-electron chi connectivity index (χ1n) is 7.98. The van der Waals surface area contributed by atoms with E-state index in [-0.39, 0.29) is 5.91 Å². The number of likely N-dealkylation sites (N-methyl/N-ethyl adjacent to an activating group) is 2. The number of aryl methyl sites for hydroxylation is 1. The molecule has 0 saturated heterocycles. The van der Waals surface area contributed by atoms with Crippen molar-refractivity contribution < 1.29 is 9.21 Å². The van der Waals surface area contributed by atoms with Crippen molar-refractivity contribution in [2.45, 2.75) is 6.92 Å². The second-order valence-corrected chi connectivity index (χ2v) is 7.21. The predicted octanol–water partition coefficient (Wildman–Crippen LogP) is 2.28. The van der Waals surface area contributed by atoms with Crippen LogP contribution in [0.2, 0.25) is 0 Å². The first kappa shape index (κ1) is 18.6. The summed E-state index contributed by atoms with van der Waals surface area (Å²) in [4.78, 5) is 23.3. The highest BCUT2D eigenvalue weighted by atomic mass is 32.1. The lowest BCUT2D eigenvalue weighted by atomic mass is 10.3. The quantitative estimate of drug-likeness (QED) is 0.731. The van der Waals surface area contributed by atoms with E-state index >= 15 is 0 Å². The summed E-state index contributed by atoms with van der Waals surface area (Å²) in [6.07, 6.45) is 0. The van der Waals surface area contributed by atoms with Crippen LogP contribution >= 0.6 is 11.3 Å². The van der Waals surface area contributed by atoms with Crippen molar-refractivity contribution in [2.24, 2.45) is 0 Å². The highest BCUT2D eigenvalue weighted by Crippen LogP contribution is 2.26. The minimum atomic E-state index is -0.0236. The third kappa shape index (κ3) is 5.15. The lowest BCUT2D eigenvalue weighted by molar-refractivity contribution is 0.0729. The molecule has 0 spiro atoms. The Hall–Kier alpha value is -1.70. The van der Waals surface area contributed by atoms with Crippen LogP contribution in [0.25, 0.3) is 10.8 Å². The van der Waals surface area contributed by atoms with Gasteiger partial charge in [0.25, 0.3) is 5.91 Å². The molecule has 2 rings (SSSR count). The van der Waals surface area contributed by atoms with E-state index in [0.29, 0.717) is 24.5 Å². The van der Waals surface area contributed by atoms with Crippen molar-refractivity contribution in [2.75, 3.05) is 54.4 Å². The Morgan fingerprint density at radius 2 is 1.71 bits per heavy atom. The van der Waals surface area contributed by atoms with Crippen molar-refractivity contribution >= 4 is 17.2 Å². The third-order valence-corrected chi connectivity index (χ3v) is 4.45. The van der Waals surface area contributed by atoms with Crippen LogP contribution in [0.4, 0.5) is 0 Å². The number of amides is 1. The van der Waals surface area contributed by atoms with E-state index in [1.807, 2.05) is 57.5 Å². The topological polar surface area (TPSA) is 52.8 Å². The van der Waals surface area contributed by atoms with E-state index in [2.05, 4.69) is 14.8 Å². The number of thiazole rings is 1. The van der Waals surface area contributed by atoms with Crippen molar-refractivity contribution in [1.29, 1.82) is 0 Å². The van der Waals surface area contributed by atoms with E-state index < -0.39 is 0 Å². The molecule has 0 radical (unpaired) electrons. The van der Waals surface area contributed by atoms with Gasteiger partial charge in [0.05, 0.1) is 0 Å². The molecule has 0 aromatic carbocycles. The van der Waals surface area contributed by atoms with E-state index in [1.54, 1.807) is 0 Å². The normalized spacial score (nSPS) is 11.5. The fourth-order valence-corrected chi connectivity index (χ4v) is 2.91. The molecule has 7 heteroatoms. The van der Waals surface area contributed by atoms with E-state index in [4.69, 9.17) is 4.42 Å². The van der Waals surface area contributed by atoms with Crippen LogP contribution in [0.15, 0.2) is 21.9 Å². The summed E-state index contributed by atoms with van der Waals surface area (Å²) in [6.45, 7) is 4.92. The Morgan fingerprint density at radius 3 is 2.21 bits per heavy atom. The fourth-order valence-electron chi connectivity index (χ4n) is 2.15. The Balaban J connectivity index is 2.11. The average Bonchev–Trinajstić information content (AvgIpc) is 3.14. The molecule has 0 N–H and O–H groups in total. The maximum Gasteiger partial charge on any atom is 0.273 e. The number of hydrogen-bond donors (Lipinski definition) is 0. The molecule has 0 saturated carbocycles. The molecule has 0 bridgehead atoms. The summed E-state index contributed by atoms with van der Waals surface area (Å²) < 4.78 is 5.59. The molecule has 0 aliphatic heterocycles. The van der Waals surface area contributed by atoms with Gasteiger partial charge in [-0.2, -0.15) is 0 Å². The van der Waals surface area contributed by atoms with Crippen molar-refractivity contribution in [3.05, 3.63) is 29.0 Å². The van der Waals surface area contributed by atoms with Crippen molar-refractivity contribution in [1.82, 2.24) is 19.7 Å². The maximum atomic E-state index is 12.8. The number of carbonyl (C=O) groups is 1. The Kier molecular flexibility index (Phi) is 6.53. The summed E-state index contributed by atoms with van der Waals surface area (Å²) in [5, 5.41) is 2.56. The number of hydrogen-bond acceptors (Lipinski definition) is 6. The Labute approximate surface area is 147 Å². The summed E-state index contributed by atoms with van der Waals surface area (Å²) in [6, 6.07) is 3.79. The molecule has 0 unspecified atom stereocenters. The number of carbonyl (C=O) groups excluding carboxylic acids is 1. The highest BCUT2D eigenvalue weighted by molar-refractivity contribution is 7.13. The van der Waals surface area contributed by atoms with E-state index in [1.165, 1.54) is 11.3 Å². The largest absolute Gasteiger partial charge is 0.459 e. The minimum absolute atomic E-state index is 0.0236. The smallest absolute Gasteiger partial charge is 0.273 e. The SMILES string of the molecule is Cc1ccc(-c2nc(C(=O)N(CCN(C)C)CCN(C)C)cs2)o1. The molecule has 2 heterocycles. The molecule has 0 aliphatic rings. The standard InChI is InChI=1S/C17H26N4O2S/c1-13-6-7-15(23-13)16-18-14(12-24-16)17(22)21(10-8-19(2)3)11-9-20(4)5/h6-7,12H,8-11H2,1-5H3. The second-order valence-electron chi connectivity index (χ2n) is 6.35. The molecule has 24 heavy (non-hydrogen) atoms. The zero-order valence-electron chi connectivity index (χ0n) is 15.1. The summed E-state index contributed by atoms with van der Waals surface area (Å²) >= 11 is 1.44. The Bertz CT molecular complexity index is 651. The van der Waals surface area contributed by atoms with Crippen molar-refractivity contribution in [3.8, 4) is 10.8 Å². The zero-order chi connectivity index (χ0) is 17.7. The van der Waals surface area contributed by atoms with Gasteiger partial charge in [-0.25, -0.2) is 4.98 Å². The minimum Gasteiger partial charge on any atom is -0.459 e. The second kappa shape index (κ2) is 8.41. The van der Waals surface area contributed by atoms with Crippen LogP contribution < -0.4 is 0 Å². The predicted molar refractivity (Wildman–Crippen MR) is 97.6 cm³/mol. The molecular formula is C17H26N4O2S. The van der Waals surface area contributed by atoms with Crippen LogP contribution in [-0.2, 0) is 0 Å². The molecule has 0 fully saturated rings. The van der Waals surface area contributed by atoms with Crippen molar-refractivity contribution in [3.63, 3.8) is 0 Å². The zero-order valence-corrected chi connectivity index (χ0v) is 15.9. The van der Waals surface area contributed by atoms with Crippen LogP contribution in [-0.4, -0.2) is 80.0 Å². The third-order valence-electron chi connectivity index (χ3n) is 3.60. The summed E-state index contributed by atoms with van der Waals surface area (Å²) in [7, 11) is 8.03. The first-order valence-corrected chi connectivity index (χ1v) is 8.86. The molecule has 0 atom stereocenters. The number of aromatic nitrogens is 1. The molecule has 132 valence electrons. The fraction of sp³-hybridized carbons (Fsp3) is 0.529. The van der Waals surface area contributed by atoms with E-state index in [0.717, 1.165) is 23.9 Å². The van der Waals surface area contributed by atoms with Gasteiger partial charge in [0.1, 0.15) is 11.5 Å². The monoisotopic (exact) mass is 350 g/mol. The summed E-state index contributed by atoms with van der Waals surface area (Å²) in [5.74, 6) is 1.53. The van der Waals surface area contributed by atoms with E-state index in [9.17, 15) is 4.79 Å². The molecule has 6 nitrogen and oxygen atoms in total. The lowest BCUT2D eigenvalue weighted by Gasteiger charge is -2.25. The molecular weight excluding hydrogens is 324 g/mol. The maximum absolute atomic E-state index is 12.8. The lowest BCUT2D eigenvalue weighted by Crippen LogP contribution is -2.40. The Morgan fingerprint density at radius 1 is 1.08 bits per heavy atom. The van der Waals surface area contributed by atoms with Gasteiger partial charge in [0.15, 0.2) is 10.8 Å². The van der Waals surface area contributed by atoms with Gasteiger partial charge in [-0.15, -0.1) is 11.3 Å². The van der Waals surface area contributed by atoms with Gasteiger partial charge in [-0.3, -0.25) is 4.79 Å². The molecule has 0 aliphatic carbocycles. The number of furan rings is 1. The summed E-state index contributed by atoms with van der Waals surface area (Å²) in [5.41, 5.74) is 0.488. The van der Waals surface area contributed by atoms with Gasteiger partial charge in [-0.05, 0) is 47.2 Å². The highest BCUT2D eigenvalue weighted by Gasteiger charge is 2.20. The average molecular weight is 350 g/mol.